The lowest BCUT2D eigenvalue weighted by atomic mass is 9.64. The number of amides is 1. The Morgan fingerprint density at radius 3 is 2.52 bits per heavy atom. The van der Waals surface area contributed by atoms with Crippen molar-refractivity contribution in [1.29, 1.82) is 0 Å². The lowest BCUT2D eigenvalue weighted by Gasteiger charge is -2.42. The number of nitrogens with one attached hydrogen (secondary N) is 1. The Morgan fingerprint density at radius 1 is 1.29 bits per heavy atom. The van der Waals surface area contributed by atoms with E-state index in [0.717, 1.165) is 12.8 Å². The molecule has 0 aliphatic heterocycles. The van der Waals surface area contributed by atoms with Gasteiger partial charge in [0.05, 0.1) is 5.69 Å². The molecule has 110 valence electrons. The number of carbonyl (C=O) groups excluding carboxylic acids is 1. The minimum Gasteiger partial charge on any atom is -0.361 e. The van der Waals surface area contributed by atoms with Crippen LogP contribution in [0.15, 0.2) is 34.9 Å². The molecule has 3 rings (SSSR count). The van der Waals surface area contributed by atoms with E-state index in [0.29, 0.717) is 23.6 Å². The van der Waals surface area contributed by atoms with Crippen LogP contribution in [0.25, 0.3) is 0 Å². The Balaban J connectivity index is 1.73. The van der Waals surface area contributed by atoms with Crippen LogP contribution < -0.4 is 5.32 Å². The molecule has 1 aromatic carbocycles. The molecule has 1 N–H and O–H groups in total. The standard InChI is InChI=1S/C17H20N2O2/c1-12-15(13(2)21-19-12)16(20)18-11-17(9-6-10-17)14-7-4-3-5-8-14/h3-5,7-8H,6,9-11H2,1-2H3,(H,18,20). The smallest absolute Gasteiger partial charge is 0.256 e. The van der Waals surface area contributed by atoms with Gasteiger partial charge in [0.2, 0.25) is 0 Å². The van der Waals surface area contributed by atoms with E-state index in [1.807, 2.05) is 6.07 Å². The minimum atomic E-state index is -0.0894. The molecular weight excluding hydrogens is 264 g/mol. The van der Waals surface area contributed by atoms with Gasteiger partial charge in [-0.25, -0.2) is 0 Å². The zero-order chi connectivity index (χ0) is 14.9. The van der Waals surface area contributed by atoms with Gasteiger partial charge in [-0.2, -0.15) is 0 Å². The first-order valence-electron chi connectivity index (χ1n) is 7.39. The van der Waals surface area contributed by atoms with E-state index in [1.165, 1.54) is 12.0 Å². The van der Waals surface area contributed by atoms with Crippen LogP contribution >= 0.6 is 0 Å². The summed E-state index contributed by atoms with van der Waals surface area (Å²) in [6.45, 7) is 4.23. The Kier molecular flexibility index (Phi) is 3.53. The number of hydrogen-bond acceptors (Lipinski definition) is 3. The first-order chi connectivity index (χ1) is 10.1. The van der Waals surface area contributed by atoms with Crippen molar-refractivity contribution >= 4 is 5.91 Å². The normalized spacial score (nSPS) is 16.3. The number of hydrogen-bond donors (Lipinski definition) is 1. The van der Waals surface area contributed by atoms with Gasteiger partial charge in [-0.15, -0.1) is 0 Å². The number of carbonyl (C=O) groups is 1. The van der Waals surface area contributed by atoms with Gasteiger partial charge in [0, 0.05) is 12.0 Å². The number of aromatic nitrogens is 1. The van der Waals surface area contributed by atoms with Crippen molar-refractivity contribution in [3.8, 4) is 0 Å². The Bertz CT molecular complexity index is 623. The molecule has 2 aromatic rings. The van der Waals surface area contributed by atoms with E-state index in [2.05, 4.69) is 34.7 Å². The molecule has 0 atom stereocenters. The lowest BCUT2D eigenvalue weighted by Crippen LogP contribution is -2.45. The fourth-order valence-corrected chi connectivity index (χ4v) is 3.11. The second kappa shape index (κ2) is 5.35. The maximum absolute atomic E-state index is 12.4. The van der Waals surface area contributed by atoms with Crippen molar-refractivity contribution in [2.75, 3.05) is 6.54 Å². The molecule has 1 amide bonds. The van der Waals surface area contributed by atoms with E-state index < -0.39 is 0 Å². The first kappa shape index (κ1) is 13.9. The van der Waals surface area contributed by atoms with E-state index in [-0.39, 0.29) is 11.3 Å². The van der Waals surface area contributed by atoms with Crippen LogP contribution in [0.2, 0.25) is 0 Å². The average molecular weight is 284 g/mol. The molecule has 0 radical (unpaired) electrons. The third kappa shape index (κ3) is 2.46. The first-order valence-corrected chi connectivity index (χ1v) is 7.39. The van der Waals surface area contributed by atoms with Crippen LogP contribution in [0.3, 0.4) is 0 Å². The molecule has 0 bridgehead atoms. The van der Waals surface area contributed by atoms with Crippen molar-refractivity contribution in [1.82, 2.24) is 10.5 Å². The zero-order valence-electron chi connectivity index (χ0n) is 12.5. The predicted molar refractivity (Wildman–Crippen MR) is 80.3 cm³/mol. The van der Waals surface area contributed by atoms with Gasteiger partial charge < -0.3 is 9.84 Å². The molecule has 21 heavy (non-hydrogen) atoms. The molecule has 4 heteroatoms. The monoisotopic (exact) mass is 284 g/mol. The van der Waals surface area contributed by atoms with Crippen LogP contribution in [-0.2, 0) is 5.41 Å². The molecule has 0 unspecified atom stereocenters. The molecule has 0 saturated heterocycles. The van der Waals surface area contributed by atoms with Crippen LogP contribution in [0.4, 0.5) is 0 Å². The zero-order valence-corrected chi connectivity index (χ0v) is 12.5. The van der Waals surface area contributed by atoms with Crippen LogP contribution in [0.1, 0.15) is 46.6 Å². The summed E-state index contributed by atoms with van der Waals surface area (Å²) in [6, 6.07) is 10.5. The molecule has 1 aliphatic rings. The highest BCUT2D eigenvalue weighted by atomic mass is 16.5. The fourth-order valence-electron chi connectivity index (χ4n) is 3.11. The maximum atomic E-state index is 12.4. The summed E-state index contributed by atoms with van der Waals surface area (Å²) in [5.74, 6) is 0.487. The topological polar surface area (TPSA) is 55.1 Å². The van der Waals surface area contributed by atoms with Gasteiger partial charge in [-0.3, -0.25) is 4.79 Å². The van der Waals surface area contributed by atoms with Crippen molar-refractivity contribution in [3.63, 3.8) is 0 Å². The van der Waals surface area contributed by atoms with E-state index >= 15 is 0 Å². The molecule has 1 aromatic heterocycles. The highest BCUT2D eigenvalue weighted by Gasteiger charge is 2.39. The highest BCUT2D eigenvalue weighted by molar-refractivity contribution is 5.96. The van der Waals surface area contributed by atoms with E-state index in [4.69, 9.17) is 4.52 Å². The van der Waals surface area contributed by atoms with Gasteiger partial charge >= 0.3 is 0 Å². The van der Waals surface area contributed by atoms with Crippen LogP contribution in [-0.4, -0.2) is 17.6 Å². The highest BCUT2D eigenvalue weighted by Crippen LogP contribution is 2.43. The minimum absolute atomic E-state index is 0.0894. The van der Waals surface area contributed by atoms with Gasteiger partial charge in [0.1, 0.15) is 11.3 Å². The maximum Gasteiger partial charge on any atom is 0.256 e. The summed E-state index contributed by atoms with van der Waals surface area (Å²) < 4.78 is 5.06. The molecule has 1 saturated carbocycles. The van der Waals surface area contributed by atoms with Crippen LogP contribution in [0, 0.1) is 13.8 Å². The SMILES string of the molecule is Cc1noc(C)c1C(=O)NCC1(c2ccccc2)CCC1. The molecule has 4 nitrogen and oxygen atoms in total. The largest absolute Gasteiger partial charge is 0.361 e. The van der Waals surface area contributed by atoms with Gasteiger partial charge in [0.25, 0.3) is 5.91 Å². The lowest BCUT2D eigenvalue weighted by molar-refractivity contribution is 0.0926. The summed E-state index contributed by atoms with van der Waals surface area (Å²) in [6.07, 6.45) is 3.47. The third-order valence-corrected chi connectivity index (χ3v) is 4.54. The second-order valence-corrected chi connectivity index (χ2v) is 5.88. The Labute approximate surface area is 124 Å². The quantitative estimate of drug-likeness (QED) is 0.938. The fraction of sp³-hybridized carbons (Fsp3) is 0.412. The van der Waals surface area contributed by atoms with Crippen molar-refractivity contribution in [2.45, 2.75) is 38.5 Å². The number of aryl methyl sites for hydroxylation is 2. The average Bonchev–Trinajstić information content (AvgIpc) is 2.78. The van der Waals surface area contributed by atoms with Gasteiger partial charge in [-0.05, 0) is 32.3 Å². The van der Waals surface area contributed by atoms with Gasteiger partial charge in [-0.1, -0.05) is 41.9 Å². The summed E-state index contributed by atoms with van der Waals surface area (Å²) in [5, 5.41) is 6.91. The second-order valence-electron chi connectivity index (χ2n) is 5.88. The Morgan fingerprint density at radius 2 is 2.00 bits per heavy atom. The molecule has 1 aliphatic carbocycles. The summed E-state index contributed by atoms with van der Waals surface area (Å²) >= 11 is 0. The molecule has 1 fully saturated rings. The molecule has 0 spiro atoms. The van der Waals surface area contributed by atoms with Crippen molar-refractivity contribution < 1.29 is 9.32 Å². The van der Waals surface area contributed by atoms with Crippen LogP contribution in [0.5, 0.6) is 0 Å². The number of nitrogens with zero attached hydrogens (tertiary/aromatic N) is 1. The van der Waals surface area contributed by atoms with E-state index in [9.17, 15) is 4.79 Å². The molecule has 1 heterocycles. The number of benzene rings is 1. The Hall–Kier alpha value is -2.10. The van der Waals surface area contributed by atoms with Gasteiger partial charge in [0.15, 0.2) is 0 Å². The summed E-state index contributed by atoms with van der Waals surface area (Å²) in [7, 11) is 0. The van der Waals surface area contributed by atoms with Crippen molar-refractivity contribution in [2.24, 2.45) is 0 Å². The van der Waals surface area contributed by atoms with Crippen molar-refractivity contribution in [3.05, 3.63) is 52.9 Å². The number of rotatable bonds is 4. The predicted octanol–water partition coefficient (Wildman–Crippen LogP) is 3.14. The molecular formula is C17H20N2O2. The summed E-state index contributed by atoms with van der Waals surface area (Å²) in [4.78, 5) is 12.4. The third-order valence-electron chi connectivity index (χ3n) is 4.54. The summed E-state index contributed by atoms with van der Waals surface area (Å²) in [5.41, 5.74) is 2.62. The van der Waals surface area contributed by atoms with E-state index in [1.54, 1.807) is 13.8 Å².